The molecule has 0 saturated carbocycles. The van der Waals surface area contributed by atoms with Crippen molar-refractivity contribution >= 4 is 0 Å². The standard InChI is InChI=1S/3C7H11N.3C3H8/c1-6(2)7-3-4-8-5-7;1-7(2)8-5-3-4-6-8;1-6(2)7-4-3-5-8-7;3*1-3-2/h3-6,8H,1-2H3;3-7H,1-2H3;3-6,8H,1-2H3;3*3H2,1-2H3. The van der Waals surface area contributed by atoms with Crippen LogP contribution < -0.4 is 0 Å². The zero-order chi connectivity index (χ0) is 26.1. The first kappa shape index (κ1) is 35.4. The van der Waals surface area contributed by atoms with Gasteiger partial charge >= 0.3 is 0 Å². The van der Waals surface area contributed by atoms with Crippen molar-refractivity contribution in [2.45, 2.75) is 120 Å². The SMILES string of the molecule is CC(C)c1cc[nH]c1.CC(C)c1ccc[nH]1.CC(C)n1cccc1.CCC.CCC.CCC. The van der Waals surface area contributed by atoms with Gasteiger partial charge in [0.1, 0.15) is 0 Å². The van der Waals surface area contributed by atoms with Crippen LogP contribution in [0, 0.1) is 0 Å². The lowest BCUT2D eigenvalue weighted by atomic mass is 10.1. The Kier molecular flexibility index (Phi) is 28.0. The molecule has 192 valence electrons. The van der Waals surface area contributed by atoms with Crippen LogP contribution in [0.25, 0.3) is 0 Å². The molecule has 0 amide bonds. The fourth-order valence-corrected chi connectivity index (χ4v) is 2.09. The molecular weight excluding hydrogens is 402 g/mol. The second-order valence-electron chi connectivity index (χ2n) is 8.92. The maximum atomic E-state index is 3.14. The zero-order valence-electron chi connectivity index (χ0n) is 24.1. The van der Waals surface area contributed by atoms with Crippen molar-refractivity contribution < 1.29 is 0 Å². The lowest BCUT2D eigenvalue weighted by Crippen LogP contribution is -1.94. The fraction of sp³-hybridized carbons (Fsp3) is 0.600. The predicted molar refractivity (Wildman–Crippen MR) is 152 cm³/mol. The van der Waals surface area contributed by atoms with E-state index >= 15 is 0 Å². The molecule has 3 rings (SSSR count). The molecule has 0 saturated heterocycles. The quantitative estimate of drug-likeness (QED) is 0.391. The van der Waals surface area contributed by atoms with Crippen LogP contribution in [0.1, 0.15) is 131 Å². The van der Waals surface area contributed by atoms with E-state index in [4.69, 9.17) is 0 Å². The van der Waals surface area contributed by atoms with Crippen molar-refractivity contribution in [1.29, 1.82) is 0 Å². The van der Waals surface area contributed by atoms with E-state index in [0.717, 1.165) is 0 Å². The molecule has 3 heteroatoms. The minimum absolute atomic E-state index is 0.602. The molecule has 0 spiro atoms. The van der Waals surface area contributed by atoms with Crippen molar-refractivity contribution in [3.05, 3.63) is 72.6 Å². The molecule has 0 atom stereocenters. The van der Waals surface area contributed by atoms with Crippen LogP contribution in [-0.4, -0.2) is 14.5 Å². The van der Waals surface area contributed by atoms with E-state index in [1.165, 1.54) is 30.5 Å². The Morgan fingerprint density at radius 3 is 1.33 bits per heavy atom. The summed E-state index contributed by atoms with van der Waals surface area (Å²) in [7, 11) is 0. The number of aromatic amines is 2. The Morgan fingerprint density at radius 2 is 1.15 bits per heavy atom. The van der Waals surface area contributed by atoms with Gasteiger partial charge in [0.05, 0.1) is 0 Å². The molecule has 0 aromatic carbocycles. The van der Waals surface area contributed by atoms with E-state index in [2.05, 4.69) is 122 Å². The summed E-state index contributed by atoms with van der Waals surface area (Å²) in [6.45, 7) is 25.8. The molecule has 0 bridgehead atoms. The van der Waals surface area contributed by atoms with Crippen LogP contribution in [0.5, 0.6) is 0 Å². The molecule has 3 aromatic heterocycles. The predicted octanol–water partition coefficient (Wildman–Crippen LogP) is 10.6. The Morgan fingerprint density at radius 1 is 0.667 bits per heavy atom. The highest BCUT2D eigenvalue weighted by atomic mass is 15.0. The number of nitrogens with zero attached hydrogens (tertiary/aromatic N) is 1. The summed E-state index contributed by atoms with van der Waals surface area (Å²) in [4.78, 5) is 6.15. The maximum absolute atomic E-state index is 3.14. The second kappa shape index (κ2) is 26.1. The number of H-pyrrole nitrogens is 2. The first-order chi connectivity index (χ1) is 15.7. The molecule has 3 aromatic rings. The monoisotopic (exact) mass is 459 g/mol. The summed E-state index contributed by atoms with van der Waals surface area (Å²) in [6, 6.07) is 10.9. The highest BCUT2D eigenvalue weighted by molar-refractivity contribution is 5.12. The molecule has 0 aliphatic carbocycles. The first-order valence-corrected chi connectivity index (χ1v) is 13.0. The largest absolute Gasteiger partial charge is 0.367 e. The van der Waals surface area contributed by atoms with Gasteiger partial charge in [0.15, 0.2) is 0 Å². The van der Waals surface area contributed by atoms with E-state index in [9.17, 15) is 0 Å². The van der Waals surface area contributed by atoms with Crippen molar-refractivity contribution in [2.75, 3.05) is 0 Å². The van der Waals surface area contributed by atoms with Gasteiger partial charge in [-0.15, -0.1) is 0 Å². The van der Waals surface area contributed by atoms with Crippen LogP contribution >= 0.6 is 0 Å². The molecule has 0 fully saturated rings. The van der Waals surface area contributed by atoms with E-state index in [1.807, 2.05) is 36.8 Å². The summed E-state index contributed by atoms with van der Waals surface area (Å²) >= 11 is 0. The third-order valence-electron chi connectivity index (χ3n) is 3.76. The molecule has 3 nitrogen and oxygen atoms in total. The summed E-state index contributed by atoms with van der Waals surface area (Å²) in [6.07, 6.45) is 13.8. The van der Waals surface area contributed by atoms with E-state index in [-0.39, 0.29) is 0 Å². The summed E-state index contributed by atoms with van der Waals surface area (Å²) in [5.74, 6) is 1.28. The topological polar surface area (TPSA) is 36.5 Å². The van der Waals surface area contributed by atoms with Crippen LogP contribution in [0.3, 0.4) is 0 Å². The average molecular weight is 460 g/mol. The molecule has 0 radical (unpaired) electrons. The van der Waals surface area contributed by atoms with Gasteiger partial charge in [-0.3, -0.25) is 0 Å². The number of nitrogens with one attached hydrogen (secondary N) is 2. The molecule has 33 heavy (non-hydrogen) atoms. The lowest BCUT2D eigenvalue weighted by Gasteiger charge is -2.03. The first-order valence-electron chi connectivity index (χ1n) is 13.0. The van der Waals surface area contributed by atoms with Gasteiger partial charge in [-0.2, -0.15) is 0 Å². The summed E-state index contributed by atoms with van der Waals surface area (Å²) in [5.41, 5.74) is 2.69. The van der Waals surface area contributed by atoms with E-state index in [0.29, 0.717) is 17.9 Å². The van der Waals surface area contributed by atoms with Gasteiger partial charge in [-0.25, -0.2) is 0 Å². The number of aromatic nitrogens is 3. The lowest BCUT2D eigenvalue weighted by molar-refractivity contribution is 0.604. The van der Waals surface area contributed by atoms with Gasteiger partial charge in [0, 0.05) is 42.7 Å². The normalized spacial score (nSPS) is 9.18. The van der Waals surface area contributed by atoms with Crippen molar-refractivity contribution in [1.82, 2.24) is 14.5 Å². The third-order valence-corrected chi connectivity index (χ3v) is 3.76. The van der Waals surface area contributed by atoms with Gasteiger partial charge in [-0.1, -0.05) is 88.5 Å². The highest BCUT2D eigenvalue weighted by Crippen LogP contribution is 2.11. The second-order valence-corrected chi connectivity index (χ2v) is 8.92. The molecule has 3 heterocycles. The Labute approximate surface area is 207 Å². The minimum atomic E-state index is 0.602. The Bertz CT molecular complexity index is 550. The van der Waals surface area contributed by atoms with Gasteiger partial charge in [0.2, 0.25) is 0 Å². The molecule has 0 aliphatic heterocycles. The molecule has 2 N–H and O–H groups in total. The Hall–Kier alpha value is -2.16. The van der Waals surface area contributed by atoms with Gasteiger partial charge < -0.3 is 14.5 Å². The molecule has 0 aliphatic rings. The number of hydrogen-bond donors (Lipinski definition) is 2. The van der Waals surface area contributed by atoms with Crippen molar-refractivity contribution in [3.8, 4) is 0 Å². The highest BCUT2D eigenvalue weighted by Gasteiger charge is 1.95. The smallest absolute Gasteiger partial charge is 0.0274 e. The third kappa shape index (κ3) is 24.3. The van der Waals surface area contributed by atoms with Crippen LogP contribution in [0.2, 0.25) is 0 Å². The van der Waals surface area contributed by atoms with Crippen LogP contribution in [0.4, 0.5) is 0 Å². The number of hydrogen-bond acceptors (Lipinski definition) is 0. The Balaban J connectivity index is -0.000000348. The minimum Gasteiger partial charge on any atom is -0.367 e. The molecular formula is C30H57N3. The van der Waals surface area contributed by atoms with Crippen molar-refractivity contribution in [2.24, 2.45) is 0 Å². The maximum Gasteiger partial charge on any atom is 0.0274 e. The van der Waals surface area contributed by atoms with Crippen LogP contribution in [0.15, 0.2) is 61.3 Å². The summed E-state index contributed by atoms with van der Waals surface area (Å²) < 4.78 is 2.17. The van der Waals surface area contributed by atoms with E-state index < -0.39 is 0 Å². The molecule has 0 unspecified atom stereocenters. The fourth-order valence-electron chi connectivity index (χ4n) is 2.09. The number of rotatable bonds is 3. The van der Waals surface area contributed by atoms with Gasteiger partial charge in [-0.05, 0) is 61.6 Å². The average Bonchev–Trinajstić information content (AvgIpc) is 3.55. The van der Waals surface area contributed by atoms with Crippen molar-refractivity contribution in [3.63, 3.8) is 0 Å². The zero-order valence-corrected chi connectivity index (χ0v) is 24.1. The van der Waals surface area contributed by atoms with Gasteiger partial charge in [0.25, 0.3) is 0 Å². The van der Waals surface area contributed by atoms with Crippen LogP contribution in [-0.2, 0) is 0 Å². The van der Waals surface area contributed by atoms with E-state index in [1.54, 1.807) is 0 Å². The summed E-state index contributed by atoms with van der Waals surface area (Å²) in [5, 5.41) is 0.